The number of nitrogens with one attached hydrogen (secondary N) is 1. The van der Waals surface area contributed by atoms with Crippen molar-refractivity contribution in [3.8, 4) is 0 Å². The van der Waals surface area contributed by atoms with Gasteiger partial charge in [-0.3, -0.25) is 9.36 Å². The van der Waals surface area contributed by atoms with E-state index < -0.39 is 0 Å². The molecule has 4 rings (SSSR count). The highest BCUT2D eigenvalue weighted by Gasteiger charge is 2.25. The number of rotatable bonds is 3. The zero-order valence-corrected chi connectivity index (χ0v) is 17.6. The van der Waals surface area contributed by atoms with E-state index in [4.69, 9.17) is 0 Å². The lowest BCUT2D eigenvalue weighted by Gasteiger charge is -2.35. The molecule has 1 aromatic carbocycles. The van der Waals surface area contributed by atoms with E-state index in [1.54, 1.807) is 15.7 Å². The first-order chi connectivity index (χ1) is 14.5. The predicted octanol–water partition coefficient (Wildman–Crippen LogP) is 2.78. The number of amides is 2. The number of aromatic nitrogens is 3. The molecule has 0 bridgehead atoms. The molecular weight excluding hydrogens is 380 g/mol. The molecule has 1 fully saturated rings. The Morgan fingerprint density at radius 1 is 1.10 bits per heavy atom. The zero-order valence-electron chi connectivity index (χ0n) is 17.6. The molecule has 0 spiro atoms. The highest BCUT2D eigenvalue weighted by Crippen LogP contribution is 2.17. The van der Waals surface area contributed by atoms with Gasteiger partial charge in [-0.15, -0.1) is 0 Å². The number of carbonyl (C=O) groups is 1. The number of hydrogen-bond donors (Lipinski definition) is 1. The number of fused-ring (bicyclic) bond motifs is 1. The van der Waals surface area contributed by atoms with Gasteiger partial charge in [0.25, 0.3) is 5.56 Å². The average Bonchev–Trinajstić information content (AvgIpc) is 2.73. The summed E-state index contributed by atoms with van der Waals surface area (Å²) in [5, 5.41) is 2.98. The van der Waals surface area contributed by atoms with Crippen molar-refractivity contribution in [2.24, 2.45) is 0 Å². The topological polar surface area (TPSA) is 83.4 Å². The molecule has 2 aromatic heterocycles. The maximum Gasteiger partial charge on any atom is 0.321 e. The molecule has 3 heterocycles. The third-order valence-electron chi connectivity index (χ3n) is 5.34. The Labute approximate surface area is 175 Å². The normalized spacial score (nSPS) is 14.2. The molecule has 1 saturated heterocycles. The predicted molar refractivity (Wildman–Crippen MR) is 118 cm³/mol. The number of anilines is 2. The monoisotopic (exact) mass is 406 g/mol. The second-order valence-electron chi connectivity index (χ2n) is 7.61. The van der Waals surface area contributed by atoms with Gasteiger partial charge in [-0.2, -0.15) is 0 Å². The van der Waals surface area contributed by atoms with Gasteiger partial charge in [0.15, 0.2) is 11.5 Å². The van der Waals surface area contributed by atoms with E-state index in [0.717, 1.165) is 16.8 Å². The quantitative estimate of drug-likeness (QED) is 0.723. The number of piperazine rings is 1. The molecule has 30 heavy (non-hydrogen) atoms. The Hall–Kier alpha value is -3.42. The first-order valence-electron chi connectivity index (χ1n) is 10.2. The smallest absolute Gasteiger partial charge is 0.321 e. The molecule has 1 aliphatic rings. The summed E-state index contributed by atoms with van der Waals surface area (Å²) in [6.45, 7) is 8.63. The van der Waals surface area contributed by atoms with Crippen molar-refractivity contribution >= 4 is 28.7 Å². The van der Waals surface area contributed by atoms with E-state index in [1.807, 2.05) is 49.9 Å². The van der Waals surface area contributed by atoms with E-state index in [-0.39, 0.29) is 11.6 Å². The summed E-state index contributed by atoms with van der Waals surface area (Å²) in [6.07, 6.45) is 1.67. The maximum absolute atomic E-state index is 13.0. The van der Waals surface area contributed by atoms with Crippen molar-refractivity contribution < 1.29 is 4.79 Å². The van der Waals surface area contributed by atoms with Crippen LogP contribution in [0.5, 0.6) is 0 Å². The molecule has 1 aliphatic heterocycles. The minimum absolute atomic E-state index is 0.124. The molecule has 0 saturated carbocycles. The van der Waals surface area contributed by atoms with Crippen LogP contribution in [0.2, 0.25) is 0 Å². The minimum Gasteiger partial charge on any atom is -0.348 e. The SMILES string of the molecule is CCn1c(=O)c(N2CCN(C(=O)Nc3cc(C)cc(C)c3)CC2)nc2cccnc21. The molecule has 2 amide bonds. The molecule has 0 atom stereocenters. The number of hydrogen-bond acceptors (Lipinski definition) is 5. The minimum atomic E-state index is -0.142. The van der Waals surface area contributed by atoms with E-state index >= 15 is 0 Å². The van der Waals surface area contributed by atoms with E-state index in [0.29, 0.717) is 49.7 Å². The van der Waals surface area contributed by atoms with Gasteiger partial charge in [0.05, 0.1) is 0 Å². The van der Waals surface area contributed by atoms with Crippen LogP contribution < -0.4 is 15.8 Å². The van der Waals surface area contributed by atoms with Crippen LogP contribution in [0.3, 0.4) is 0 Å². The van der Waals surface area contributed by atoms with Gasteiger partial charge < -0.3 is 15.1 Å². The molecule has 0 aliphatic carbocycles. The lowest BCUT2D eigenvalue weighted by molar-refractivity contribution is 0.208. The van der Waals surface area contributed by atoms with Crippen molar-refractivity contribution in [1.82, 2.24) is 19.4 Å². The van der Waals surface area contributed by atoms with Crippen LogP contribution in [-0.4, -0.2) is 51.6 Å². The third-order valence-corrected chi connectivity index (χ3v) is 5.34. The van der Waals surface area contributed by atoms with Crippen LogP contribution in [0.4, 0.5) is 16.3 Å². The second kappa shape index (κ2) is 8.14. The van der Waals surface area contributed by atoms with Gasteiger partial charge in [0, 0.05) is 44.6 Å². The largest absolute Gasteiger partial charge is 0.348 e. The Balaban J connectivity index is 1.49. The Morgan fingerprint density at radius 3 is 2.47 bits per heavy atom. The molecule has 1 N–H and O–H groups in total. The summed E-state index contributed by atoms with van der Waals surface area (Å²) >= 11 is 0. The second-order valence-corrected chi connectivity index (χ2v) is 7.61. The summed E-state index contributed by atoms with van der Waals surface area (Å²) < 4.78 is 1.65. The Kier molecular flexibility index (Phi) is 5.39. The summed E-state index contributed by atoms with van der Waals surface area (Å²) in [4.78, 5) is 38.3. The van der Waals surface area contributed by atoms with E-state index in [2.05, 4.69) is 21.4 Å². The Morgan fingerprint density at radius 2 is 1.80 bits per heavy atom. The first-order valence-corrected chi connectivity index (χ1v) is 10.2. The fraction of sp³-hybridized carbons (Fsp3) is 0.364. The van der Waals surface area contributed by atoms with E-state index in [9.17, 15) is 9.59 Å². The molecular formula is C22H26N6O2. The van der Waals surface area contributed by atoms with Gasteiger partial charge in [-0.1, -0.05) is 6.07 Å². The van der Waals surface area contributed by atoms with Crippen LogP contribution in [0.25, 0.3) is 11.2 Å². The number of aryl methyl sites for hydroxylation is 3. The lowest BCUT2D eigenvalue weighted by Crippen LogP contribution is -2.51. The summed E-state index contributed by atoms with van der Waals surface area (Å²) in [5.41, 5.74) is 4.17. The Bertz CT molecular complexity index is 1130. The molecule has 8 heteroatoms. The number of carbonyl (C=O) groups excluding carboxylic acids is 1. The highest BCUT2D eigenvalue weighted by atomic mass is 16.2. The van der Waals surface area contributed by atoms with Crippen LogP contribution in [0.1, 0.15) is 18.1 Å². The van der Waals surface area contributed by atoms with Crippen LogP contribution in [0.15, 0.2) is 41.3 Å². The summed E-state index contributed by atoms with van der Waals surface area (Å²) in [6, 6.07) is 9.55. The van der Waals surface area contributed by atoms with Gasteiger partial charge in [0.1, 0.15) is 5.52 Å². The van der Waals surface area contributed by atoms with Crippen LogP contribution >= 0.6 is 0 Å². The molecule has 156 valence electrons. The number of nitrogens with zero attached hydrogens (tertiary/aromatic N) is 5. The molecule has 0 radical (unpaired) electrons. The number of benzene rings is 1. The number of pyridine rings is 1. The zero-order chi connectivity index (χ0) is 21.3. The molecule has 0 unspecified atom stereocenters. The fourth-order valence-corrected chi connectivity index (χ4v) is 3.93. The van der Waals surface area contributed by atoms with Crippen molar-refractivity contribution in [2.75, 3.05) is 36.4 Å². The number of urea groups is 1. The van der Waals surface area contributed by atoms with Gasteiger partial charge in [-0.25, -0.2) is 14.8 Å². The van der Waals surface area contributed by atoms with Crippen molar-refractivity contribution in [2.45, 2.75) is 27.3 Å². The van der Waals surface area contributed by atoms with Crippen LogP contribution in [-0.2, 0) is 6.54 Å². The van der Waals surface area contributed by atoms with Gasteiger partial charge >= 0.3 is 6.03 Å². The van der Waals surface area contributed by atoms with Gasteiger partial charge in [-0.05, 0) is 56.2 Å². The van der Waals surface area contributed by atoms with Crippen molar-refractivity contribution in [3.05, 3.63) is 58.0 Å². The summed E-state index contributed by atoms with van der Waals surface area (Å²) in [5.74, 6) is 0.423. The fourth-order valence-electron chi connectivity index (χ4n) is 3.93. The van der Waals surface area contributed by atoms with Crippen molar-refractivity contribution in [3.63, 3.8) is 0 Å². The average molecular weight is 406 g/mol. The van der Waals surface area contributed by atoms with Crippen molar-refractivity contribution in [1.29, 1.82) is 0 Å². The molecule has 8 nitrogen and oxygen atoms in total. The van der Waals surface area contributed by atoms with Crippen LogP contribution in [0, 0.1) is 13.8 Å². The standard InChI is InChI=1S/C22H26N6O2/c1-4-28-19-18(6-5-7-23-19)25-20(21(28)29)26-8-10-27(11-9-26)22(30)24-17-13-15(2)12-16(3)14-17/h5-7,12-14H,4,8-11H2,1-3H3,(H,24,30). The van der Waals surface area contributed by atoms with Gasteiger partial charge in [0.2, 0.25) is 0 Å². The first kappa shape index (κ1) is 19.9. The van der Waals surface area contributed by atoms with E-state index in [1.165, 1.54) is 0 Å². The molecule has 3 aromatic rings. The maximum atomic E-state index is 13.0. The summed E-state index contributed by atoms with van der Waals surface area (Å²) in [7, 11) is 0. The lowest BCUT2D eigenvalue weighted by atomic mass is 10.1. The highest BCUT2D eigenvalue weighted by molar-refractivity contribution is 5.89. The third kappa shape index (κ3) is 3.85.